The molecule has 0 saturated carbocycles. The Labute approximate surface area is 204 Å². The molecule has 0 aromatic carbocycles. The third kappa shape index (κ3) is 6.97. The average molecular weight is 455 g/mol. The van der Waals surface area contributed by atoms with Gasteiger partial charge in [0.25, 0.3) is 0 Å². The minimum absolute atomic E-state index is 0.0750. The maximum absolute atomic E-state index is 7.10. The van der Waals surface area contributed by atoms with Crippen molar-refractivity contribution in [2.45, 2.75) is 158 Å². The molecule has 1 atom stereocenters. The highest BCUT2D eigenvalue weighted by atomic mass is 16.5. The number of hydrogen-bond donors (Lipinski definition) is 0. The van der Waals surface area contributed by atoms with Crippen LogP contribution in [0.3, 0.4) is 0 Å². The van der Waals surface area contributed by atoms with Gasteiger partial charge in [0.05, 0.1) is 18.3 Å². The lowest BCUT2D eigenvalue weighted by Gasteiger charge is -2.53. The van der Waals surface area contributed by atoms with Crippen molar-refractivity contribution in [1.29, 1.82) is 0 Å². The van der Waals surface area contributed by atoms with Crippen LogP contribution in [0, 0.1) is 22.7 Å². The monoisotopic (exact) mass is 454 g/mol. The molecule has 0 saturated heterocycles. The van der Waals surface area contributed by atoms with Gasteiger partial charge in [-0.25, -0.2) is 0 Å². The van der Waals surface area contributed by atoms with Gasteiger partial charge >= 0.3 is 0 Å². The number of rotatable bonds is 20. The third-order valence-electron chi connectivity index (χ3n) is 9.99. The molecule has 2 heteroatoms. The average Bonchev–Trinajstić information content (AvgIpc) is 2.83. The van der Waals surface area contributed by atoms with Crippen LogP contribution in [-0.4, -0.2) is 24.9 Å². The third-order valence-corrected chi connectivity index (χ3v) is 9.99. The normalized spacial score (nSPS) is 14.5. The van der Waals surface area contributed by atoms with E-state index in [1.807, 2.05) is 0 Å². The molecule has 32 heavy (non-hydrogen) atoms. The zero-order valence-corrected chi connectivity index (χ0v) is 24.2. The first kappa shape index (κ1) is 31.9. The zero-order valence-electron chi connectivity index (χ0n) is 24.2. The lowest BCUT2D eigenvalue weighted by atomic mass is 9.59. The van der Waals surface area contributed by atoms with Gasteiger partial charge < -0.3 is 9.47 Å². The van der Waals surface area contributed by atoms with E-state index >= 15 is 0 Å². The first-order valence-corrected chi connectivity index (χ1v) is 14.5. The van der Waals surface area contributed by atoms with Crippen LogP contribution in [0.4, 0.5) is 0 Å². The van der Waals surface area contributed by atoms with Gasteiger partial charge in [-0.15, -0.1) is 0 Å². The maximum atomic E-state index is 7.10. The number of hydrogen-bond acceptors (Lipinski definition) is 2. The van der Waals surface area contributed by atoms with Crippen LogP contribution >= 0.6 is 0 Å². The van der Waals surface area contributed by atoms with E-state index in [9.17, 15) is 0 Å². The molecule has 0 heterocycles. The van der Waals surface area contributed by atoms with Crippen LogP contribution in [-0.2, 0) is 9.47 Å². The summed E-state index contributed by atoms with van der Waals surface area (Å²) in [4.78, 5) is 0. The Kier molecular flexibility index (Phi) is 15.7. The Morgan fingerprint density at radius 1 is 0.625 bits per heavy atom. The summed E-state index contributed by atoms with van der Waals surface area (Å²) in [5.41, 5.74) is 0.495. The van der Waals surface area contributed by atoms with E-state index in [1.165, 1.54) is 32.1 Å². The highest BCUT2D eigenvalue weighted by molar-refractivity contribution is 5.01. The topological polar surface area (TPSA) is 18.5 Å². The van der Waals surface area contributed by atoms with Crippen LogP contribution < -0.4 is 0 Å². The van der Waals surface area contributed by atoms with E-state index in [2.05, 4.69) is 76.2 Å². The molecule has 0 rings (SSSR count). The van der Waals surface area contributed by atoms with Gasteiger partial charge in [-0.1, -0.05) is 102 Å². The lowest BCUT2D eigenvalue weighted by molar-refractivity contribution is -0.182. The predicted octanol–water partition coefficient (Wildman–Crippen LogP) is 9.84. The zero-order chi connectivity index (χ0) is 24.8. The van der Waals surface area contributed by atoms with Crippen molar-refractivity contribution in [1.82, 2.24) is 0 Å². The molecule has 1 unspecified atom stereocenters. The molecule has 0 amide bonds. The van der Waals surface area contributed by atoms with Gasteiger partial charge in [0.1, 0.15) is 0 Å². The highest BCUT2D eigenvalue weighted by Crippen LogP contribution is 2.52. The molecule has 0 radical (unpaired) electrons. The summed E-state index contributed by atoms with van der Waals surface area (Å²) in [5.74, 6) is 1.28. The van der Waals surface area contributed by atoms with Gasteiger partial charge in [0, 0.05) is 12.0 Å². The summed E-state index contributed by atoms with van der Waals surface area (Å²) < 4.78 is 13.5. The quantitative estimate of drug-likeness (QED) is 0.182. The van der Waals surface area contributed by atoms with Crippen molar-refractivity contribution in [3.8, 4) is 0 Å². The fourth-order valence-electron chi connectivity index (χ4n) is 7.30. The maximum Gasteiger partial charge on any atom is 0.0736 e. The van der Waals surface area contributed by atoms with Crippen molar-refractivity contribution >= 4 is 0 Å². The van der Waals surface area contributed by atoms with E-state index in [1.54, 1.807) is 0 Å². The van der Waals surface area contributed by atoms with Gasteiger partial charge in [0.15, 0.2) is 0 Å². The SMILES string of the molecule is CCC(CC)OCC(C)C(CC)(CC)C(CC)(CC)OCCC(CC)(CC)C(CC)CC. The standard InChI is InChI=1S/C30H62O2/c1-12-26(13-2)28(16-5,17-6)22-23-32-30(20-9,21-10)29(18-7,19-8)25(11)24-31-27(14-3)15-4/h25-27H,12-24H2,1-11H3. The molecule has 0 aromatic rings. The lowest BCUT2D eigenvalue weighted by Crippen LogP contribution is -2.54. The summed E-state index contributed by atoms with van der Waals surface area (Å²) >= 11 is 0. The molecular formula is C30H62O2. The summed E-state index contributed by atoms with van der Waals surface area (Å²) in [6.45, 7) is 27.7. The van der Waals surface area contributed by atoms with Crippen LogP contribution in [0.15, 0.2) is 0 Å². The fourth-order valence-corrected chi connectivity index (χ4v) is 7.30. The van der Waals surface area contributed by atoms with Crippen molar-refractivity contribution in [2.24, 2.45) is 22.7 Å². The van der Waals surface area contributed by atoms with E-state index in [4.69, 9.17) is 9.47 Å². The molecule has 194 valence electrons. The van der Waals surface area contributed by atoms with E-state index in [-0.39, 0.29) is 11.0 Å². The Balaban J connectivity index is 5.76. The second kappa shape index (κ2) is 15.8. The molecule has 0 aliphatic heterocycles. The van der Waals surface area contributed by atoms with Crippen molar-refractivity contribution in [3.63, 3.8) is 0 Å². The highest BCUT2D eigenvalue weighted by Gasteiger charge is 2.51. The van der Waals surface area contributed by atoms with Gasteiger partial charge in [0.2, 0.25) is 0 Å². The van der Waals surface area contributed by atoms with Crippen LogP contribution in [0.2, 0.25) is 0 Å². The molecule has 0 aliphatic carbocycles. The number of ether oxygens (including phenoxy) is 2. The molecular weight excluding hydrogens is 392 g/mol. The summed E-state index contributed by atoms with van der Waals surface area (Å²) in [6, 6.07) is 0. The van der Waals surface area contributed by atoms with Crippen molar-refractivity contribution < 1.29 is 9.47 Å². The Morgan fingerprint density at radius 2 is 1.12 bits per heavy atom. The van der Waals surface area contributed by atoms with Gasteiger partial charge in [-0.3, -0.25) is 0 Å². The van der Waals surface area contributed by atoms with E-state index < -0.39 is 0 Å². The Bertz CT molecular complexity index is 438. The summed E-state index contributed by atoms with van der Waals surface area (Å²) in [5, 5.41) is 0. The Hall–Kier alpha value is -0.0800. The first-order chi connectivity index (χ1) is 15.3. The van der Waals surface area contributed by atoms with Gasteiger partial charge in [-0.05, 0) is 62.2 Å². The molecule has 0 N–H and O–H groups in total. The summed E-state index contributed by atoms with van der Waals surface area (Å²) in [7, 11) is 0. The molecule has 0 bridgehead atoms. The van der Waals surface area contributed by atoms with Crippen LogP contribution in [0.1, 0.15) is 147 Å². The van der Waals surface area contributed by atoms with Gasteiger partial charge in [-0.2, -0.15) is 0 Å². The van der Waals surface area contributed by atoms with Crippen molar-refractivity contribution in [3.05, 3.63) is 0 Å². The van der Waals surface area contributed by atoms with E-state index in [0.717, 1.165) is 57.7 Å². The molecule has 0 spiro atoms. The van der Waals surface area contributed by atoms with Crippen molar-refractivity contribution in [2.75, 3.05) is 13.2 Å². The molecule has 2 nitrogen and oxygen atoms in total. The molecule has 0 aliphatic rings. The van der Waals surface area contributed by atoms with E-state index in [0.29, 0.717) is 17.4 Å². The Morgan fingerprint density at radius 3 is 1.47 bits per heavy atom. The van der Waals surface area contributed by atoms with Crippen LogP contribution in [0.5, 0.6) is 0 Å². The smallest absolute Gasteiger partial charge is 0.0736 e. The largest absolute Gasteiger partial charge is 0.378 e. The fraction of sp³-hybridized carbons (Fsp3) is 1.00. The first-order valence-electron chi connectivity index (χ1n) is 14.5. The molecule has 0 aromatic heterocycles. The molecule has 0 fully saturated rings. The summed E-state index contributed by atoms with van der Waals surface area (Å²) in [6.07, 6.45) is 13.3. The predicted molar refractivity (Wildman–Crippen MR) is 143 cm³/mol. The minimum atomic E-state index is -0.0750. The second-order valence-electron chi connectivity index (χ2n) is 10.4. The second-order valence-corrected chi connectivity index (χ2v) is 10.4. The van der Waals surface area contributed by atoms with Crippen LogP contribution in [0.25, 0.3) is 0 Å². The minimum Gasteiger partial charge on any atom is -0.378 e.